The Bertz CT molecular complexity index is 340. The Balaban J connectivity index is 2.92. The summed E-state index contributed by atoms with van der Waals surface area (Å²) in [6.45, 7) is 7.87. The molecule has 0 bridgehead atoms. The number of hydrogen-bond acceptors (Lipinski definition) is 3. The largest absolute Gasteiger partial charge is 0.389 e. The lowest BCUT2D eigenvalue weighted by atomic mass is 9.74. The van der Waals surface area contributed by atoms with Gasteiger partial charge >= 0.3 is 0 Å². The smallest absolute Gasteiger partial charge is 0.126 e. The molecule has 3 N–H and O–H groups in total. The molecule has 0 saturated carbocycles. The number of nitrogens with two attached hydrogens (primary N) is 1. The van der Waals surface area contributed by atoms with Gasteiger partial charge in [-0.1, -0.05) is 26.8 Å². The Morgan fingerprint density at radius 2 is 1.93 bits per heavy atom. The number of hydrogen-bond donors (Lipinski definition) is 2. The average molecular weight is 208 g/mol. The van der Waals surface area contributed by atoms with Crippen molar-refractivity contribution < 1.29 is 5.11 Å². The van der Waals surface area contributed by atoms with Gasteiger partial charge in [-0.05, 0) is 24.0 Å². The molecule has 0 aliphatic rings. The molecular formula is C12H20N2O. The van der Waals surface area contributed by atoms with Gasteiger partial charge in [-0.25, -0.2) is 4.98 Å². The summed E-state index contributed by atoms with van der Waals surface area (Å²) in [5.74, 6) is 0.502. The van der Waals surface area contributed by atoms with Crippen molar-refractivity contribution >= 4 is 5.82 Å². The number of pyridine rings is 1. The SMILES string of the molecule is CC(C)(C)C(C)(O)Cc1cccnc1N. The molecule has 15 heavy (non-hydrogen) atoms. The Hall–Kier alpha value is -1.09. The Kier molecular flexibility index (Phi) is 3.05. The van der Waals surface area contributed by atoms with E-state index < -0.39 is 5.60 Å². The first-order valence-corrected chi connectivity index (χ1v) is 5.16. The number of nitrogen functional groups attached to an aromatic ring is 1. The standard InChI is InChI=1S/C12H20N2O/c1-11(2,3)12(4,15)8-9-6-5-7-14-10(9)13/h5-7,15H,8H2,1-4H3,(H2,13,14). The molecule has 0 saturated heterocycles. The lowest BCUT2D eigenvalue weighted by molar-refractivity contribution is -0.0404. The van der Waals surface area contributed by atoms with E-state index in [0.717, 1.165) is 5.56 Å². The molecule has 0 amide bonds. The average Bonchev–Trinajstić information content (AvgIpc) is 2.06. The molecule has 1 rings (SSSR count). The first-order valence-electron chi connectivity index (χ1n) is 5.16. The van der Waals surface area contributed by atoms with Crippen LogP contribution in [0.1, 0.15) is 33.3 Å². The van der Waals surface area contributed by atoms with Crippen molar-refractivity contribution in [3.63, 3.8) is 0 Å². The number of anilines is 1. The van der Waals surface area contributed by atoms with Gasteiger partial charge in [0.2, 0.25) is 0 Å². The molecule has 0 aliphatic heterocycles. The van der Waals surface area contributed by atoms with Crippen molar-refractivity contribution in [2.45, 2.75) is 39.7 Å². The molecule has 84 valence electrons. The highest BCUT2D eigenvalue weighted by Crippen LogP contribution is 2.33. The molecular weight excluding hydrogens is 188 g/mol. The minimum absolute atomic E-state index is 0.185. The molecule has 3 nitrogen and oxygen atoms in total. The lowest BCUT2D eigenvalue weighted by Crippen LogP contribution is -2.41. The first-order chi connectivity index (χ1) is 6.74. The quantitative estimate of drug-likeness (QED) is 0.781. The van der Waals surface area contributed by atoms with Gasteiger partial charge in [-0.3, -0.25) is 0 Å². The van der Waals surface area contributed by atoms with Crippen LogP contribution < -0.4 is 5.73 Å². The highest BCUT2D eigenvalue weighted by atomic mass is 16.3. The van der Waals surface area contributed by atoms with Crippen LogP contribution in [0, 0.1) is 5.41 Å². The van der Waals surface area contributed by atoms with E-state index in [1.165, 1.54) is 0 Å². The molecule has 0 fully saturated rings. The third-order valence-corrected chi connectivity index (χ3v) is 3.08. The van der Waals surface area contributed by atoms with E-state index in [2.05, 4.69) is 4.98 Å². The van der Waals surface area contributed by atoms with Crippen molar-refractivity contribution in [1.82, 2.24) is 4.98 Å². The first kappa shape index (κ1) is 12.0. The summed E-state index contributed by atoms with van der Waals surface area (Å²) >= 11 is 0. The predicted octanol–water partition coefficient (Wildman–Crippen LogP) is 2.00. The van der Waals surface area contributed by atoms with Gasteiger partial charge in [0.25, 0.3) is 0 Å². The number of nitrogens with zero attached hydrogens (tertiary/aromatic N) is 1. The van der Waals surface area contributed by atoms with E-state index in [9.17, 15) is 5.11 Å². The van der Waals surface area contributed by atoms with Gasteiger partial charge < -0.3 is 10.8 Å². The van der Waals surface area contributed by atoms with Crippen LogP contribution in [0.4, 0.5) is 5.82 Å². The van der Waals surface area contributed by atoms with Crippen LogP contribution in [0.2, 0.25) is 0 Å². The topological polar surface area (TPSA) is 59.1 Å². The minimum Gasteiger partial charge on any atom is -0.389 e. The summed E-state index contributed by atoms with van der Waals surface area (Å²) < 4.78 is 0. The highest BCUT2D eigenvalue weighted by Gasteiger charge is 2.35. The Morgan fingerprint density at radius 1 is 1.33 bits per heavy atom. The number of aliphatic hydroxyl groups is 1. The van der Waals surface area contributed by atoms with Gasteiger partial charge in [0.15, 0.2) is 0 Å². The summed E-state index contributed by atoms with van der Waals surface area (Å²) in [6.07, 6.45) is 2.18. The van der Waals surface area contributed by atoms with E-state index in [1.807, 2.05) is 39.8 Å². The van der Waals surface area contributed by atoms with E-state index in [1.54, 1.807) is 6.20 Å². The summed E-state index contributed by atoms with van der Waals surface area (Å²) in [5, 5.41) is 10.3. The molecule has 1 heterocycles. The van der Waals surface area contributed by atoms with Crippen molar-refractivity contribution in [3.05, 3.63) is 23.9 Å². The molecule has 0 aromatic carbocycles. The molecule has 1 aromatic heterocycles. The van der Waals surface area contributed by atoms with Crippen molar-refractivity contribution in [2.24, 2.45) is 5.41 Å². The fraction of sp³-hybridized carbons (Fsp3) is 0.583. The maximum atomic E-state index is 10.3. The second kappa shape index (κ2) is 3.81. The monoisotopic (exact) mass is 208 g/mol. The number of aromatic nitrogens is 1. The van der Waals surface area contributed by atoms with Crippen LogP contribution in [-0.2, 0) is 6.42 Å². The predicted molar refractivity (Wildman–Crippen MR) is 62.4 cm³/mol. The number of rotatable bonds is 2. The normalized spacial score (nSPS) is 16.1. The van der Waals surface area contributed by atoms with Crippen LogP contribution >= 0.6 is 0 Å². The third kappa shape index (κ3) is 2.69. The van der Waals surface area contributed by atoms with Crippen LogP contribution in [-0.4, -0.2) is 15.7 Å². The summed E-state index contributed by atoms with van der Waals surface area (Å²) in [6, 6.07) is 3.74. The second-order valence-corrected chi connectivity index (χ2v) is 5.25. The molecule has 0 aliphatic carbocycles. The van der Waals surface area contributed by atoms with Crippen molar-refractivity contribution in [3.8, 4) is 0 Å². The van der Waals surface area contributed by atoms with Crippen molar-refractivity contribution in [1.29, 1.82) is 0 Å². The molecule has 1 aromatic rings. The Morgan fingerprint density at radius 3 is 2.40 bits per heavy atom. The third-order valence-electron chi connectivity index (χ3n) is 3.08. The van der Waals surface area contributed by atoms with E-state index in [0.29, 0.717) is 12.2 Å². The Labute approximate surface area is 91.3 Å². The second-order valence-electron chi connectivity index (χ2n) is 5.25. The van der Waals surface area contributed by atoms with Gasteiger partial charge in [0.05, 0.1) is 5.60 Å². The van der Waals surface area contributed by atoms with Gasteiger partial charge in [0.1, 0.15) is 5.82 Å². The summed E-state index contributed by atoms with van der Waals surface area (Å²) in [4.78, 5) is 4.01. The zero-order valence-electron chi connectivity index (χ0n) is 9.91. The van der Waals surface area contributed by atoms with Gasteiger partial charge in [-0.15, -0.1) is 0 Å². The van der Waals surface area contributed by atoms with E-state index in [-0.39, 0.29) is 5.41 Å². The zero-order chi connectivity index (χ0) is 11.7. The molecule has 3 heteroatoms. The van der Waals surface area contributed by atoms with Crippen LogP contribution in [0.5, 0.6) is 0 Å². The summed E-state index contributed by atoms with van der Waals surface area (Å²) in [5.41, 5.74) is 5.68. The van der Waals surface area contributed by atoms with E-state index >= 15 is 0 Å². The molecule has 1 atom stereocenters. The van der Waals surface area contributed by atoms with Gasteiger partial charge in [0, 0.05) is 12.6 Å². The maximum Gasteiger partial charge on any atom is 0.126 e. The van der Waals surface area contributed by atoms with Crippen molar-refractivity contribution in [2.75, 3.05) is 5.73 Å². The lowest BCUT2D eigenvalue weighted by Gasteiger charge is -2.37. The molecule has 0 radical (unpaired) electrons. The van der Waals surface area contributed by atoms with Crippen LogP contribution in [0.15, 0.2) is 18.3 Å². The van der Waals surface area contributed by atoms with E-state index in [4.69, 9.17) is 5.73 Å². The highest BCUT2D eigenvalue weighted by molar-refractivity contribution is 5.39. The van der Waals surface area contributed by atoms with Crippen LogP contribution in [0.3, 0.4) is 0 Å². The fourth-order valence-corrected chi connectivity index (χ4v) is 1.24. The molecule has 0 spiro atoms. The zero-order valence-corrected chi connectivity index (χ0v) is 9.91. The van der Waals surface area contributed by atoms with Crippen LogP contribution in [0.25, 0.3) is 0 Å². The fourth-order valence-electron chi connectivity index (χ4n) is 1.24. The maximum absolute atomic E-state index is 10.3. The molecule has 1 unspecified atom stereocenters. The minimum atomic E-state index is -0.788. The van der Waals surface area contributed by atoms with Gasteiger partial charge in [-0.2, -0.15) is 0 Å². The summed E-state index contributed by atoms with van der Waals surface area (Å²) in [7, 11) is 0.